The molecule has 0 aliphatic heterocycles. The van der Waals surface area contributed by atoms with E-state index in [9.17, 15) is 4.39 Å². The van der Waals surface area contributed by atoms with Gasteiger partial charge in [0.1, 0.15) is 5.82 Å². The van der Waals surface area contributed by atoms with Gasteiger partial charge < -0.3 is 4.98 Å². The van der Waals surface area contributed by atoms with Gasteiger partial charge in [-0.25, -0.2) is 4.39 Å². The fourth-order valence-electron chi connectivity index (χ4n) is 3.12. The largest absolute Gasteiger partial charge is 0.360 e. The van der Waals surface area contributed by atoms with Gasteiger partial charge in [0.15, 0.2) is 5.82 Å². The Balaban J connectivity index is 1.71. The van der Waals surface area contributed by atoms with Crippen LogP contribution >= 0.6 is 0 Å². The van der Waals surface area contributed by atoms with Gasteiger partial charge in [0.2, 0.25) is 0 Å². The molecule has 0 saturated carbocycles. The molecule has 5 aromatic rings. The van der Waals surface area contributed by atoms with E-state index >= 15 is 0 Å². The number of fused-ring (bicyclic) bond motifs is 2. The summed E-state index contributed by atoms with van der Waals surface area (Å²) in [6, 6.07) is 18.8. The smallest absolute Gasteiger partial charge is 0.189 e. The normalized spacial score (nSPS) is 11.4. The lowest BCUT2D eigenvalue weighted by atomic mass is 10.1. The number of halogens is 1. The molecule has 0 bridgehead atoms. The van der Waals surface area contributed by atoms with Crippen LogP contribution in [0.3, 0.4) is 0 Å². The molecular formula is C19H12FN5. The highest BCUT2D eigenvalue weighted by molar-refractivity contribution is 5.94. The van der Waals surface area contributed by atoms with Crippen molar-refractivity contribution in [3.05, 3.63) is 72.7 Å². The van der Waals surface area contributed by atoms with Gasteiger partial charge in [-0.3, -0.25) is 0 Å². The molecular weight excluding hydrogens is 317 g/mol. The van der Waals surface area contributed by atoms with Crippen LogP contribution < -0.4 is 0 Å². The van der Waals surface area contributed by atoms with Crippen molar-refractivity contribution in [1.29, 1.82) is 0 Å². The summed E-state index contributed by atoms with van der Waals surface area (Å²) in [6.45, 7) is 0. The molecule has 1 N–H and O–H groups in total. The number of tetrazole rings is 1. The maximum absolute atomic E-state index is 13.7. The topological polar surface area (TPSA) is 59.4 Å². The minimum atomic E-state index is -0.293. The van der Waals surface area contributed by atoms with Crippen LogP contribution in [0.1, 0.15) is 0 Å². The van der Waals surface area contributed by atoms with Crippen molar-refractivity contribution in [1.82, 2.24) is 25.2 Å². The summed E-state index contributed by atoms with van der Waals surface area (Å²) in [6.07, 6.45) is 1.80. The highest BCUT2D eigenvalue weighted by Crippen LogP contribution is 2.29. The lowest BCUT2D eigenvalue weighted by molar-refractivity contribution is 0.630. The average Bonchev–Trinajstić information content (AvgIpc) is 3.27. The maximum Gasteiger partial charge on any atom is 0.189 e. The standard InChI is InChI=1S/C19H12FN5/c20-14-6-8-18-16(10-14)17(11-21-18)19-22-23-24-25(19)15-7-5-12-3-1-2-4-13(12)9-15/h1-11,21H. The molecule has 2 aromatic heterocycles. The van der Waals surface area contributed by atoms with Gasteiger partial charge in [-0.15, -0.1) is 5.10 Å². The summed E-state index contributed by atoms with van der Waals surface area (Å²) in [7, 11) is 0. The van der Waals surface area contributed by atoms with E-state index < -0.39 is 0 Å². The predicted molar refractivity (Wildman–Crippen MR) is 93.9 cm³/mol. The van der Waals surface area contributed by atoms with Crippen molar-refractivity contribution < 1.29 is 4.39 Å². The molecule has 25 heavy (non-hydrogen) atoms. The molecule has 0 spiro atoms. The molecule has 120 valence electrons. The van der Waals surface area contributed by atoms with E-state index in [0.29, 0.717) is 5.82 Å². The number of aromatic nitrogens is 5. The van der Waals surface area contributed by atoms with Crippen LogP contribution in [-0.2, 0) is 0 Å². The number of nitrogens with one attached hydrogen (secondary N) is 1. The lowest BCUT2D eigenvalue weighted by Crippen LogP contribution is -1.99. The van der Waals surface area contributed by atoms with Crippen LogP contribution in [0.2, 0.25) is 0 Å². The molecule has 0 atom stereocenters. The number of benzene rings is 3. The van der Waals surface area contributed by atoms with E-state index in [4.69, 9.17) is 0 Å². The zero-order chi connectivity index (χ0) is 16.8. The molecule has 6 heteroatoms. The first-order chi connectivity index (χ1) is 12.3. The average molecular weight is 329 g/mol. The van der Waals surface area contributed by atoms with Crippen LogP contribution in [-0.4, -0.2) is 25.2 Å². The fraction of sp³-hybridized carbons (Fsp3) is 0. The number of nitrogens with zero attached hydrogens (tertiary/aromatic N) is 4. The Morgan fingerprint density at radius 1 is 0.920 bits per heavy atom. The minimum Gasteiger partial charge on any atom is -0.360 e. The molecule has 0 unspecified atom stereocenters. The summed E-state index contributed by atoms with van der Waals surface area (Å²) >= 11 is 0. The minimum absolute atomic E-state index is 0.293. The molecule has 0 radical (unpaired) electrons. The summed E-state index contributed by atoms with van der Waals surface area (Å²) in [4.78, 5) is 3.14. The Labute approximate surface area is 141 Å². The van der Waals surface area contributed by atoms with Crippen LogP contribution in [0.25, 0.3) is 38.8 Å². The van der Waals surface area contributed by atoms with E-state index in [1.54, 1.807) is 16.9 Å². The van der Waals surface area contributed by atoms with Crippen molar-refractivity contribution in [3.63, 3.8) is 0 Å². The van der Waals surface area contributed by atoms with Crippen molar-refractivity contribution in [2.45, 2.75) is 0 Å². The number of H-pyrrole nitrogens is 1. The zero-order valence-corrected chi connectivity index (χ0v) is 13.0. The van der Waals surface area contributed by atoms with E-state index in [-0.39, 0.29) is 5.82 Å². The fourth-order valence-corrected chi connectivity index (χ4v) is 3.12. The van der Waals surface area contributed by atoms with Crippen molar-refractivity contribution >= 4 is 21.7 Å². The van der Waals surface area contributed by atoms with Crippen molar-refractivity contribution in [3.8, 4) is 17.1 Å². The third-order valence-corrected chi connectivity index (χ3v) is 4.33. The van der Waals surface area contributed by atoms with Gasteiger partial charge in [0.05, 0.1) is 5.69 Å². The first-order valence-electron chi connectivity index (χ1n) is 7.84. The monoisotopic (exact) mass is 329 g/mol. The van der Waals surface area contributed by atoms with Gasteiger partial charge >= 0.3 is 0 Å². The van der Waals surface area contributed by atoms with Gasteiger partial charge in [0, 0.05) is 22.7 Å². The third-order valence-electron chi connectivity index (χ3n) is 4.33. The highest BCUT2D eigenvalue weighted by Gasteiger charge is 2.15. The Kier molecular flexibility index (Phi) is 2.90. The zero-order valence-electron chi connectivity index (χ0n) is 13.0. The molecule has 5 nitrogen and oxygen atoms in total. The third kappa shape index (κ3) is 2.19. The molecule has 3 aromatic carbocycles. The van der Waals surface area contributed by atoms with Gasteiger partial charge in [-0.2, -0.15) is 4.68 Å². The summed E-state index contributed by atoms with van der Waals surface area (Å²) in [5.41, 5.74) is 2.45. The molecule has 0 saturated heterocycles. The second-order valence-electron chi connectivity index (χ2n) is 5.84. The molecule has 0 aliphatic carbocycles. The first kappa shape index (κ1) is 13.9. The van der Waals surface area contributed by atoms with Crippen LogP contribution in [0.5, 0.6) is 0 Å². The van der Waals surface area contributed by atoms with Crippen molar-refractivity contribution in [2.75, 3.05) is 0 Å². The SMILES string of the molecule is Fc1ccc2[nH]cc(-c3nnnn3-c3ccc4ccccc4c3)c2c1. The second kappa shape index (κ2) is 5.24. The highest BCUT2D eigenvalue weighted by atomic mass is 19.1. The Hall–Kier alpha value is -3.54. The van der Waals surface area contributed by atoms with E-state index in [1.807, 2.05) is 36.4 Å². The molecule has 2 heterocycles. The summed E-state index contributed by atoms with van der Waals surface area (Å²) in [5.74, 6) is 0.269. The number of aromatic amines is 1. The number of hydrogen-bond donors (Lipinski definition) is 1. The van der Waals surface area contributed by atoms with E-state index in [0.717, 1.165) is 32.9 Å². The lowest BCUT2D eigenvalue weighted by Gasteiger charge is -2.06. The molecule has 5 rings (SSSR count). The maximum atomic E-state index is 13.7. The quantitative estimate of drug-likeness (QED) is 0.530. The molecule has 0 amide bonds. The molecule has 0 aliphatic rings. The second-order valence-corrected chi connectivity index (χ2v) is 5.84. The summed E-state index contributed by atoms with van der Waals surface area (Å²) < 4.78 is 15.3. The van der Waals surface area contributed by atoms with Crippen LogP contribution in [0, 0.1) is 5.82 Å². The first-order valence-corrected chi connectivity index (χ1v) is 7.84. The number of rotatable bonds is 2. The number of hydrogen-bond acceptors (Lipinski definition) is 3. The van der Waals surface area contributed by atoms with E-state index in [1.165, 1.54) is 12.1 Å². The van der Waals surface area contributed by atoms with Gasteiger partial charge in [-0.1, -0.05) is 30.3 Å². The Morgan fingerprint density at radius 2 is 1.80 bits per heavy atom. The summed E-state index contributed by atoms with van der Waals surface area (Å²) in [5, 5.41) is 15.1. The van der Waals surface area contributed by atoms with Gasteiger partial charge in [0.25, 0.3) is 0 Å². The predicted octanol–water partition coefficient (Wildman–Crippen LogP) is 4.10. The van der Waals surface area contributed by atoms with Crippen molar-refractivity contribution in [2.24, 2.45) is 0 Å². The van der Waals surface area contributed by atoms with Gasteiger partial charge in [-0.05, 0) is 51.5 Å². The van der Waals surface area contributed by atoms with Crippen LogP contribution in [0.15, 0.2) is 66.9 Å². The Morgan fingerprint density at radius 3 is 2.72 bits per heavy atom. The van der Waals surface area contributed by atoms with Crippen LogP contribution in [0.4, 0.5) is 4.39 Å². The van der Waals surface area contributed by atoms with E-state index in [2.05, 4.69) is 26.6 Å². The molecule has 0 fully saturated rings. The Bertz CT molecular complexity index is 1220.